The van der Waals surface area contributed by atoms with Crippen molar-refractivity contribution in [2.24, 2.45) is 0 Å². The van der Waals surface area contributed by atoms with E-state index in [2.05, 4.69) is 5.32 Å². The van der Waals surface area contributed by atoms with Gasteiger partial charge in [0.1, 0.15) is 0 Å². The number of nitrogens with one attached hydrogen (secondary N) is 1. The van der Waals surface area contributed by atoms with Crippen molar-refractivity contribution in [1.82, 2.24) is 5.32 Å². The number of aliphatic hydroxyl groups is 1. The zero-order chi connectivity index (χ0) is 14.8. The minimum absolute atomic E-state index is 0.379. The summed E-state index contributed by atoms with van der Waals surface area (Å²) in [5.74, 6) is -1.81. The quantitative estimate of drug-likeness (QED) is 0.786. The molecule has 2 rings (SSSR count). The van der Waals surface area contributed by atoms with Crippen LogP contribution in [0.3, 0.4) is 0 Å². The second-order valence-electron chi connectivity index (χ2n) is 4.78. The normalized spacial score (nSPS) is 13.7. The van der Waals surface area contributed by atoms with Gasteiger partial charge in [0.15, 0.2) is 5.54 Å². The fourth-order valence-electron chi connectivity index (χ4n) is 1.90. The predicted octanol–water partition coefficient (Wildman–Crippen LogP) is 1.41. The van der Waals surface area contributed by atoms with Crippen LogP contribution in [0.2, 0.25) is 0 Å². The van der Waals surface area contributed by atoms with Gasteiger partial charge < -0.3 is 15.5 Å². The SMILES string of the molecule is C[C@@](CO)(NC(=O)c1cccc2ccccc12)C(=O)O. The molecule has 0 aromatic heterocycles. The fourth-order valence-corrected chi connectivity index (χ4v) is 1.90. The van der Waals surface area contributed by atoms with E-state index < -0.39 is 24.0 Å². The average Bonchev–Trinajstić information content (AvgIpc) is 2.46. The van der Waals surface area contributed by atoms with Gasteiger partial charge in [-0.05, 0) is 23.8 Å². The zero-order valence-electron chi connectivity index (χ0n) is 11.0. The standard InChI is InChI=1S/C15H15NO4/c1-15(9-17,14(19)20)16-13(18)12-8-4-6-10-5-2-3-7-11(10)12/h2-8,17H,9H2,1H3,(H,16,18)(H,19,20)/t15-/m0/s1. The molecule has 0 saturated heterocycles. The Morgan fingerprint density at radius 1 is 1.15 bits per heavy atom. The van der Waals surface area contributed by atoms with Crippen molar-refractivity contribution in [3.8, 4) is 0 Å². The molecular weight excluding hydrogens is 258 g/mol. The lowest BCUT2D eigenvalue weighted by Crippen LogP contribution is -2.54. The van der Waals surface area contributed by atoms with E-state index in [0.29, 0.717) is 5.56 Å². The van der Waals surface area contributed by atoms with Crippen molar-refractivity contribution in [2.45, 2.75) is 12.5 Å². The zero-order valence-corrected chi connectivity index (χ0v) is 11.0. The highest BCUT2D eigenvalue weighted by molar-refractivity contribution is 6.08. The topological polar surface area (TPSA) is 86.6 Å². The average molecular weight is 273 g/mol. The van der Waals surface area contributed by atoms with Crippen LogP contribution in [0.1, 0.15) is 17.3 Å². The van der Waals surface area contributed by atoms with Crippen LogP contribution in [0.4, 0.5) is 0 Å². The summed E-state index contributed by atoms with van der Waals surface area (Å²) in [7, 11) is 0. The maximum absolute atomic E-state index is 12.3. The van der Waals surface area contributed by atoms with E-state index in [-0.39, 0.29) is 0 Å². The molecule has 0 radical (unpaired) electrons. The lowest BCUT2D eigenvalue weighted by atomic mass is 10.0. The number of carbonyl (C=O) groups excluding carboxylic acids is 1. The number of benzene rings is 2. The van der Waals surface area contributed by atoms with Crippen molar-refractivity contribution in [2.75, 3.05) is 6.61 Å². The Kier molecular flexibility index (Phi) is 3.72. The number of rotatable bonds is 4. The van der Waals surface area contributed by atoms with Crippen LogP contribution in [0.5, 0.6) is 0 Å². The monoisotopic (exact) mass is 273 g/mol. The Labute approximate surface area is 115 Å². The van der Waals surface area contributed by atoms with Crippen LogP contribution < -0.4 is 5.32 Å². The molecule has 0 spiro atoms. The third-order valence-electron chi connectivity index (χ3n) is 3.21. The van der Waals surface area contributed by atoms with Gasteiger partial charge in [-0.25, -0.2) is 4.79 Å². The molecular formula is C15H15NO4. The molecule has 104 valence electrons. The van der Waals surface area contributed by atoms with Crippen LogP contribution >= 0.6 is 0 Å². The van der Waals surface area contributed by atoms with Gasteiger partial charge in [-0.2, -0.15) is 0 Å². The first-order valence-electron chi connectivity index (χ1n) is 6.12. The van der Waals surface area contributed by atoms with Crippen molar-refractivity contribution in [3.05, 3.63) is 48.0 Å². The summed E-state index contributed by atoms with van der Waals surface area (Å²) in [5, 5.41) is 22.2. The number of aliphatic hydroxyl groups excluding tert-OH is 1. The summed E-state index contributed by atoms with van der Waals surface area (Å²) in [6.45, 7) is 0.581. The van der Waals surface area contributed by atoms with Gasteiger partial charge >= 0.3 is 5.97 Å². The van der Waals surface area contributed by atoms with Crippen LogP contribution in [0.25, 0.3) is 10.8 Å². The van der Waals surface area contributed by atoms with E-state index >= 15 is 0 Å². The largest absolute Gasteiger partial charge is 0.479 e. The maximum Gasteiger partial charge on any atom is 0.331 e. The minimum atomic E-state index is -1.70. The Hall–Kier alpha value is -2.40. The second kappa shape index (κ2) is 5.30. The van der Waals surface area contributed by atoms with Gasteiger partial charge in [-0.15, -0.1) is 0 Å². The number of carboxylic acids is 1. The van der Waals surface area contributed by atoms with Crippen LogP contribution in [0.15, 0.2) is 42.5 Å². The number of carbonyl (C=O) groups is 2. The predicted molar refractivity (Wildman–Crippen MR) is 74.5 cm³/mol. The third kappa shape index (κ3) is 2.48. The van der Waals surface area contributed by atoms with E-state index in [1.54, 1.807) is 18.2 Å². The maximum atomic E-state index is 12.3. The van der Waals surface area contributed by atoms with E-state index in [4.69, 9.17) is 10.2 Å². The van der Waals surface area contributed by atoms with Gasteiger partial charge in [0, 0.05) is 5.56 Å². The summed E-state index contributed by atoms with van der Waals surface area (Å²) >= 11 is 0. The van der Waals surface area contributed by atoms with E-state index in [0.717, 1.165) is 10.8 Å². The van der Waals surface area contributed by atoms with E-state index in [1.807, 2.05) is 24.3 Å². The van der Waals surface area contributed by atoms with Crippen LogP contribution in [-0.2, 0) is 4.79 Å². The Balaban J connectivity index is 2.40. The number of carboxylic acid groups (broad SMARTS) is 1. The highest BCUT2D eigenvalue weighted by atomic mass is 16.4. The first-order chi connectivity index (χ1) is 9.48. The third-order valence-corrected chi connectivity index (χ3v) is 3.21. The second-order valence-corrected chi connectivity index (χ2v) is 4.78. The van der Waals surface area contributed by atoms with Gasteiger partial charge in [-0.1, -0.05) is 36.4 Å². The lowest BCUT2D eigenvalue weighted by Gasteiger charge is -2.24. The summed E-state index contributed by atoms with van der Waals surface area (Å²) in [6, 6.07) is 12.6. The number of hydrogen-bond acceptors (Lipinski definition) is 3. The van der Waals surface area contributed by atoms with Crippen molar-refractivity contribution >= 4 is 22.6 Å². The number of amides is 1. The molecule has 0 fully saturated rings. The summed E-state index contributed by atoms with van der Waals surface area (Å²) in [5.41, 5.74) is -1.32. The molecule has 5 heteroatoms. The molecule has 0 aliphatic rings. The molecule has 0 aliphatic heterocycles. The van der Waals surface area contributed by atoms with Gasteiger partial charge in [0.2, 0.25) is 0 Å². The first-order valence-corrected chi connectivity index (χ1v) is 6.12. The molecule has 0 saturated carbocycles. The van der Waals surface area contributed by atoms with Crippen molar-refractivity contribution in [3.63, 3.8) is 0 Å². The molecule has 0 unspecified atom stereocenters. The summed E-state index contributed by atoms with van der Waals surface area (Å²) in [4.78, 5) is 23.4. The van der Waals surface area contributed by atoms with Crippen LogP contribution in [0, 0.1) is 0 Å². The fraction of sp³-hybridized carbons (Fsp3) is 0.200. The molecule has 0 bridgehead atoms. The molecule has 1 amide bonds. The Morgan fingerprint density at radius 3 is 2.45 bits per heavy atom. The molecule has 2 aromatic carbocycles. The molecule has 0 heterocycles. The Bertz CT molecular complexity index is 662. The molecule has 20 heavy (non-hydrogen) atoms. The minimum Gasteiger partial charge on any atom is -0.479 e. The first kappa shape index (κ1) is 14.0. The molecule has 1 atom stereocenters. The summed E-state index contributed by atoms with van der Waals surface area (Å²) in [6.07, 6.45) is 0. The highest BCUT2D eigenvalue weighted by Crippen LogP contribution is 2.19. The Morgan fingerprint density at radius 2 is 1.80 bits per heavy atom. The van der Waals surface area contributed by atoms with Crippen molar-refractivity contribution in [1.29, 1.82) is 0 Å². The molecule has 3 N–H and O–H groups in total. The molecule has 2 aromatic rings. The number of aliphatic carboxylic acids is 1. The van der Waals surface area contributed by atoms with Crippen LogP contribution in [-0.4, -0.2) is 34.2 Å². The number of fused-ring (bicyclic) bond motifs is 1. The molecule has 0 aliphatic carbocycles. The summed E-state index contributed by atoms with van der Waals surface area (Å²) < 4.78 is 0. The van der Waals surface area contributed by atoms with Gasteiger partial charge in [0.25, 0.3) is 5.91 Å². The van der Waals surface area contributed by atoms with Gasteiger partial charge in [0.05, 0.1) is 6.61 Å². The highest BCUT2D eigenvalue weighted by Gasteiger charge is 2.34. The molecule has 5 nitrogen and oxygen atoms in total. The van der Waals surface area contributed by atoms with E-state index in [9.17, 15) is 9.59 Å². The number of hydrogen-bond donors (Lipinski definition) is 3. The van der Waals surface area contributed by atoms with E-state index in [1.165, 1.54) is 6.92 Å². The lowest BCUT2D eigenvalue weighted by molar-refractivity contribution is -0.145. The van der Waals surface area contributed by atoms with Gasteiger partial charge in [-0.3, -0.25) is 4.79 Å². The smallest absolute Gasteiger partial charge is 0.331 e. The van der Waals surface area contributed by atoms with Crippen molar-refractivity contribution < 1.29 is 19.8 Å².